The third kappa shape index (κ3) is 3.14. The molecular weight excluding hydrogens is 232 g/mol. The first-order valence-corrected chi connectivity index (χ1v) is 5.94. The summed E-state index contributed by atoms with van der Waals surface area (Å²) in [5.74, 6) is 0.514. The van der Waals surface area contributed by atoms with Gasteiger partial charge in [0.2, 0.25) is 0 Å². The number of pyridine rings is 2. The zero-order valence-corrected chi connectivity index (χ0v) is 10.4. The van der Waals surface area contributed by atoms with Crippen molar-refractivity contribution in [3.63, 3.8) is 0 Å². The van der Waals surface area contributed by atoms with Gasteiger partial charge in [-0.1, -0.05) is 12.2 Å². The van der Waals surface area contributed by atoms with Crippen molar-refractivity contribution in [1.29, 1.82) is 0 Å². The fraction of sp³-hybridized carbons (Fsp3) is 0.143. The van der Waals surface area contributed by atoms with E-state index >= 15 is 0 Å². The van der Waals surface area contributed by atoms with Crippen molar-refractivity contribution in [3.05, 3.63) is 53.9 Å². The second-order valence-electron chi connectivity index (χ2n) is 3.75. The summed E-state index contributed by atoms with van der Waals surface area (Å²) in [4.78, 5) is 8.65. The van der Waals surface area contributed by atoms with Crippen molar-refractivity contribution in [2.75, 3.05) is 5.88 Å². The smallest absolute Gasteiger partial charge is 0.0892 e. The molecule has 0 aromatic carbocycles. The van der Waals surface area contributed by atoms with E-state index in [1.54, 1.807) is 12.4 Å². The Kier molecular flexibility index (Phi) is 3.89. The minimum atomic E-state index is 0.514. The molecule has 2 nitrogen and oxygen atoms in total. The Morgan fingerprint density at radius 1 is 1.12 bits per heavy atom. The first-order valence-electron chi connectivity index (χ1n) is 5.41. The summed E-state index contributed by atoms with van der Waals surface area (Å²) in [6.45, 7) is 2.04. The predicted molar refractivity (Wildman–Crippen MR) is 72.0 cm³/mol. The van der Waals surface area contributed by atoms with Gasteiger partial charge in [0.15, 0.2) is 0 Å². The van der Waals surface area contributed by atoms with Crippen LogP contribution in [0.25, 0.3) is 17.5 Å². The predicted octanol–water partition coefficient (Wildman–Crippen LogP) is 3.70. The molecule has 86 valence electrons. The highest BCUT2D eigenvalue weighted by atomic mass is 35.5. The summed E-state index contributed by atoms with van der Waals surface area (Å²) in [7, 11) is 0. The van der Waals surface area contributed by atoms with E-state index in [-0.39, 0.29) is 0 Å². The maximum absolute atomic E-state index is 5.61. The fourth-order valence-electron chi connectivity index (χ4n) is 1.55. The zero-order valence-electron chi connectivity index (χ0n) is 9.60. The molecular formula is C14H13ClN2. The Bertz CT molecular complexity index is 535. The highest BCUT2D eigenvalue weighted by Crippen LogP contribution is 2.16. The van der Waals surface area contributed by atoms with E-state index in [9.17, 15) is 0 Å². The first-order chi connectivity index (χ1) is 8.29. The molecule has 0 fully saturated rings. The van der Waals surface area contributed by atoms with E-state index in [2.05, 4.69) is 9.97 Å². The highest BCUT2D eigenvalue weighted by molar-refractivity contribution is 6.19. The molecule has 0 N–H and O–H groups in total. The van der Waals surface area contributed by atoms with Crippen molar-refractivity contribution in [2.45, 2.75) is 6.92 Å². The van der Waals surface area contributed by atoms with Gasteiger partial charge in [-0.05, 0) is 42.3 Å². The fourth-order valence-corrected chi connectivity index (χ4v) is 1.64. The lowest BCUT2D eigenvalue weighted by molar-refractivity contribution is 1.23. The molecule has 0 aliphatic rings. The van der Waals surface area contributed by atoms with Gasteiger partial charge in [-0.15, -0.1) is 11.6 Å². The van der Waals surface area contributed by atoms with E-state index in [0.29, 0.717) is 5.88 Å². The zero-order chi connectivity index (χ0) is 12.1. The van der Waals surface area contributed by atoms with Crippen molar-refractivity contribution < 1.29 is 0 Å². The van der Waals surface area contributed by atoms with Crippen LogP contribution >= 0.6 is 11.6 Å². The number of rotatable bonds is 3. The van der Waals surface area contributed by atoms with Crippen molar-refractivity contribution in [2.24, 2.45) is 0 Å². The molecule has 0 bridgehead atoms. The summed E-state index contributed by atoms with van der Waals surface area (Å²) in [6.07, 6.45) is 7.47. The number of halogens is 1. The number of hydrogen-bond acceptors (Lipinski definition) is 2. The molecule has 17 heavy (non-hydrogen) atoms. The number of alkyl halides is 1. The van der Waals surface area contributed by atoms with Gasteiger partial charge in [0.1, 0.15) is 0 Å². The van der Waals surface area contributed by atoms with Gasteiger partial charge in [0.05, 0.1) is 11.4 Å². The quantitative estimate of drug-likeness (QED) is 0.770. The monoisotopic (exact) mass is 244 g/mol. The molecule has 0 saturated carbocycles. The van der Waals surface area contributed by atoms with Crippen molar-refractivity contribution in [3.8, 4) is 11.4 Å². The normalized spacial score (nSPS) is 10.9. The van der Waals surface area contributed by atoms with E-state index in [1.165, 1.54) is 5.56 Å². The Morgan fingerprint density at radius 3 is 2.53 bits per heavy atom. The lowest BCUT2D eigenvalue weighted by Gasteiger charge is -2.02. The van der Waals surface area contributed by atoms with Crippen LogP contribution in [0.15, 0.2) is 42.7 Å². The summed E-state index contributed by atoms with van der Waals surface area (Å²) in [5.41, 5.74) is 4.04. The average Bonchev–Trinajstić information content (AvgIpc) is 2.37. The van der Waals surface area contributed by atoms with Crippen LogP contribution in [0.5, 0.6) is 0 Å². The van der Waals surface area contributed by atoms with Gasteiger partial charge in [0.25, 0.3) is 0 Å². The lowest BCUT2D eigenvalue weighted by atomic mass is 10.1. The topological polar surface area (TPSA) is 25.8 Å². The molecule has 0 aliphatic heterocycles. The largest absolute Gasteiger partial charge is 0.255 e. The van der Waals surface area contributed by atoms with E-state index < -0.39 is 0 Å². The van der Waals surface area contributed by atoms with Gasteiger partial charge >= 0.3 is 0 Å². The molecule has 0 aliphatic carbocycles. The number of allylic oxidation sites excluding steroid dienone is 1. The molecule has 2 rings (SSSR count). The molecule has 0 saturated heterocycles. The number of hydrogen-bond donors (Lipinski definition) is 0. The van der Waals surface area contributed by atoms with Gasteiger partial charge in [0, 0.05) is 18.3 Å². The van der Waals surface area contributed by atoms with Gasteiger partial charge in [-0.25, -0.2) is 0 Å². The van der Waals surface area contributed by atoms with Crippen molar-refractivity contribution in [1.82, 2.24) is 9.97 Å². The van der Waals surface area contributed by atoms with Crippen LogP contribution in [-0.2, 0) is 0 Å². The van der Waals surface area contributed by atoms with Crippen LogP contribution in [0, 0.1) is 6.92 Å². The highest BCUT2D eigenvalue weighted by Gasteiger charge is 2.01. The Labute approximate surface area is 106 Å². The molecule has 0 spiro atoms. The SMILES string of the molecule is Cc1ccnc(-c2cc(C=CCCl)ccn2)c1. The van der Waals surface area contributed by atoms with E-state index in [1.807, 2.05) is 43.3 Å². The molecule has 2 heterocycles. The second kappa shape index (κ2) is 5.60. The Hall–Kier alpha value is -1.67. The molecule has 3 heteroatoms. The summed E-state index contributed by atoms with van der Waals surface area (Å²) < 4.78 is 0. The van der Waals surface area contributed by atoms with Crippen LogP contribution < -0.4 is 0 Å². The Morgan fingerprint density at radius 2 is 1.82 bits per heavy atom. The Balaban J connectivity index is 2.36. The number of nitrogens with zero attached hydrogens (tertiary/aromatic N) is 2. The molecule has 0 unspecified atom stereocenters. The van der Waals surface area contributed by atoms with E-state index in [0.717, 1.165) is 17.0 Å². The summed E-state index contributed by atoms with van der Waals surface area (Å²) in [5, 5.41) is 0. The minimum Gasteiger partial charge on any atom is -0.255 e. The van der Waals surface area contributed by atoms with Crippen LogP contribution in [0.1, 0.15) is 11.1 Å². The van der Waals surface area contributed by atoms with Crippen LogP contribution in [0.4, 0.5) is 0 Å². The maximum atomic E-state index is 5.61. The minimum absolute atomic E-state index is 0.514. The second-order valence-corrected chi connectivity index (χ2v) is 4.06. The van der Waals surface area contributed by atoms with Crippen LogP contribution in [-0.4, -0.2) is 15.8 Å². The van der Waals surface area contributed by atoms with Crippen molar-refractivity contribution >= 4 is 17.7 Å². The molecule has 0 atom stereocenters. The first kappa shape index (κ1) is 11.8. The summed E-state index contributed by atoms with van der Waals surface area (Å²) >= 11 is 5.61. The van der Waals surface area contributed by atoms with Crippen LogP contribution in [0.2, 0.25) is 0 Å². The lowest BCUT2D eigenvalue weighted by Crippen LogP contribution is -1.88. The van der Waals surface area contributed by atoms with Gasteiger partial charge in [-0.2, -0.15) is 0 Å². The number of aryl methyl sites for hydroxylation is 1. The summed E-state index contributed by atoms with van der Waals surface area (Å²) in [6, 6.07) is 7.95. The standard InChI is InChI=1S/C14H13ClN2/c1-11-4-7-16-13(9-11)14-10-12(3-2-6-15)5-8-17-14/h2-5,7-10H,6H2,1H3. The third-order valence-electron chi connectivity index (χ3n) is 2.36. The number of aromatic nitrogens is 2. The van der Waals surface area contributed by atoms with Crippen LogP contribution in [0.3, 0.4) is 0 Å². The molecule has 0 amide bonds. The average molecular weight is 245 g/mol. The molecule has 2 aromatic rings. The molecule has 0 radical (unpaired) electrons. The van der Waals surface area contributed by atoms with Gasteiger partial charge in [-0.3, -0.25) is 9.97 Å². The third-order valence-corrected chi connectivity index (χ3v) is 2.54. The molecule has 2 aromatic heterocycles. The van der Waals surface area contributed by atoms with Gasteiger partial charge < -0.3 is 0 Å². The van der Waals surface area contributed by atoms with E-state index in [4.69, 9.17) is 11.6 Å². The maximum Gasteiger partial charge on any atom is 0.0892 e.